The largest absolute Gasteiger partial charge is 0.462 e. The molecule has 78 heavy (non-hydrogen) atoms. The lowest BCUT2D eigenvalue weighted by Gasteiger charge is -2.18. The van der Waals surface area contributed by atoms with Gasteiger partial charge in [-0.15, -0.1) is 0 Å². The van der Waals surface area contributed by atoms with Crippen LogP contribution in [0.5, 0.6) is 0 Å². The van der Waals surface area contributed by atoms with E-state index in [1.807, 2.05) is 0 Å². The smallest absolute Gasteiger partial charge is 0.306 e. The highest BCUT2D eigenvalue weighted by atomic mass is 16.6. The van der Waals surface area contributed by atoms with E-state index in [4.69, 9.17) is 14.2 Å². The van der Waals surface area contributed by atoms with Gasteiger partial charge in [0.1, 0.15) is 13.2 Å². The molecular weight excluding hydrogens is 961 g/mol. The molecule has 0 aromatic carbocycles. The molecule has 1 atom stereocenters. The zero-order valence-corrected chi connectivity index (χ0v) is 51.4. The molecule has 0 heterocycles. The lowest BCUT2D eigenvalue weighted by atomic mass is 10.0. The molecule has 0 aromatic rings. The van der Waals surface area contributed by atoms with E-state index >= 15 is 0 Å². The number of ether oxygens (including phenoxy) is 3. The Morgan fingerprint density at radius 1 is 0.269 bits per heavy atom. The topological polar surface area (TPSA) is 78.9 Å². The SMILES string of the molecule is CC/C=C\C/C=C\C/C=C\C/C=C\C/C=C\C/C=C\C/C=C\CCCC(=O)OC(COC(=O)CCCCCCC/C=C\CCC)COC(=O)CCCCCCCCCCCCCCCCCCCCCCCCCCCCC. The van der Waals surface area contributed by atoms with Gasteiger partial charge >= 0.3 is 17.9 Å². The maximum Gasteiger partial charge on any atom is 0.306 e. The Bertz CT molecular complexity index is 1530. The molecule has 0 saturated carbocycles. The molecule has 0 rings (SSSR count). The summed E-state index contributed by atoms with van der Waals surface area (Å²) in [5.41, 5.74) is 0. The van der Waals surface area contributed by atoms with Gasteiger partial charge in [-0.1, -0.05) is 311 Å². The van der Waals surface area contributed by atoms with Crippen LogP contribution < -0.4 is 0 Å². The maximum absolute atomic E-state index is 12.9. The number of unbranched alkanes of at least 4 members (excludes halogenated alkanes) is 33. The van der Waals surface area contributed by atoms with Gasteiger partial charge in [0, 0.05) is 19.3 Å². The number of allylic oxidation sites excluding steroid dienone is 16. The van der Waals surface area contributed by atoms with E-state index in [-0.39, 0.29) is 37.5 Å². The van der Waals surface area contributed by atoms with Gasteiger partial charge in [0.15, 0.2) is 6.10 Å². The number of carbonyl (C=O) groups is 3. The summed E-state index contributed by atoms with van der Waals surface area (Å²) in [6.45, 7) is 6.44. The molecule has 0 aromatic heterocycles. The summed E-state index contributed by atoms with van der Waals surface area (Å²) in [7, 11) is 0. The van der Waals surface area contributed by atoms with Crippen LogP contribution in [-0.4, -0.2) is 37.2 Å². The van der Waals surface area contributed by atoms with Crippen molar-refractivity contribution in [3.63, 3.8) is 0 Å². The molecule has 0 bridgehead atoms. The monoisotopic (exact) mass is 1080 g/mol. The van der Waals surface area contributed by atoms with Crippen LogP contribution >= 0.6 is 0 Å². The lowest BCUT2D eigenvalue weighted by molar-refractivity contribution is -0.167. The highest BCUT2D eigenvalue weighted by Crippen LogP contribution is 2.17. The molecule has 1 unspecified atom stereocenters. The molecule has 0 saturated heterocycles. The highest BCUT2D eigenvalue weighted by molar-refractivity contribution is 5.71. The predicted octanol–water partition coefficient (Wildman–Crippen LogP) is 22.8. The molecule has 0 spiro atoms. The summed E-state index contributed by atoms with van der Waals surface area (Å²) >= 11 is 0. The third-order valence-electron chi connectivity index (χ3n) is 14.3. The normalized spacial score (nSPS) is 12.7. The quantitative estimate of drug-likeness (QED) is 0.0261. The van der Waals surface area contributed by atoms with Gasteiger partial charge < -0.3 is 14.2 Å². The minimum absolute atomic E-state index is 0.101. The first-order valence-corrected chi connectivity index (χ1v) is 33.2. The van der Waals surface area contributed by atoms with Crippen LogP contribution in [0.3, 0.4) is 0 Å². The summed E-state index contributed by atoms with van der Waals surface area (Å²) in [4.78, 5) is 38.2. The number of esters is 3. The van der Waals surface area contributed by atoms with E-state index in [1.165, 1.54) is 167 Å². The standard InChI is InChI=1S/C72H124O6/c1-4-7-10-13-16-19-22-24-26-28-30-32-34-35-36-37-39-40-42-44-46-48-50-53-56-59-62-65-71(74)77-68-69(67-76-70(73)64-61-58-55-52-21-18-15-12-9-6-3)78-72(75)66-63-60-57-54-51-49-47-45-43-41-38-33-31-29-27-25-23-20-17-14-11-8-5-2/h8,11-12,15,17,20,25,27,31,33,41,43,47,49,54,57,69H,4-7,9-10,13-14,16,18-19,21-24,26,28-30,32,34-40,42,44-46,48,50-53,55-56,58-68H2,1-3H3/b11-8-,15-12-,20-17-,27-25-,33-31-,43-41-,49-47-,57-54-. The first-order valence-electron chi connectivity index (χ1n) is 33.2. The van der Waals surface area contributed by atoms with Crippen molar-refractivity contribution in [3.05, 3.63) is 97.2 Å². The van der Waals surface area contributed by atoms with Crippen molar-refractivity contribution >= 4 is 17.9 Å². The van der Waals surface area contributed by atoms with Crippen molar-refractivity contribution in [1.29, 1.82) is 0 Å². The molecule has 448 valence electrons. The highest BCUT2D eigenvalue weighted by Gasteiger charge is 2.19. The molecular formula is C72H124O6. The fraction of sp³-hybridized carbons (Fsp3) is 0.736. The molecule has 0 aliphatic rings. The number of rotatable bonds is 60. The summed E-state index contributed by atoms with van der Waals surface area (Å²) in [5.74, 6) is -0.963. The van der Waals surface area contributed by atoms with Crippen LogP contribution in [0.4, 0.5) is 0 Å². The van der Waals surface area contributed by atoms with Gasteiger partial charge in [0.05, 0.1) is 0 Å². The molecule has 0 fully saturated rings. The van der Waals surface area contributed by atoms with Crippen LogP contribution in [0.25, 0.3) is 0 Å². The third-order valence-corrected chi connectivity index (χ3v) is 14.3. The van der Waals surface area contributed by atoms with E-state index in [0.29, 0.717) is 19.3 Å². The Morgan fingerprint density at radius 3 is 0.885 bits per heavy atom. The summed E-state index contributed by atoms with van der Waals surface area (Å²) in [5, 5.41) is 0. The first kappa shape index (κ1) is 74.3. The van der Waals surface area contributed by atoms with Gasteiger partial charge in [-0.25, -0.2) is 0 Å². The van der Waals surface area contributed by atoms with Gasteiger partial charge in [0.25, 0.3) is 0 Å². The van der Waals surface area contributed by atoms with E-state index in [2.05, 4.69) is 118 Å². The van der Waals surface area contributed by atoms with Gasteiger partial charge in [-0.3, -0.25) is 14.4 Å². The van der Waals surface area contributed by atoms with E-state index in [0.717, 1.165) is 109 Å². The zero-order chi connectivity index (χ0) is 56.4. The molecule has 0 amide bonds. The van der Waals surface area contributed by atoms with Crippen molar-refractivity contribution in [2.75, 3.05) is 13.2 Å². The lowest BCUT2D eigenvalue weighted by Crippen LogP contribution is -2.30. The number of carbonyl (C=O) groups excluding carboxylic acids is 3. The second-order valence-corrected chi connectivity index (χ2v) is 22.0. The second kappa shape index (κ2) is 65.8. The summed E-state index contributed by atoms with van der Waals surface area (Å²) < 4.78 is 16.8. The van der Waals surface area contributed by atoms with Crippen molar-refractivity contribution in [2.45, 2.75) is 329 Å². The molecule has 0 radical (unpaired) electrons. The number of hydrogen-bond acceptors (Lipinski definition) is 6. The summed E-state index contributed by atoms with van der Waals surface area (Å²) in [6.07, 6.45) is 88.8. The fourth-order valence-corrected chi connectivity index (χ4v) is 9.38. The molecule has 0 aliphatic carbocycles. The second-order valence-electron chi connectivity index (χ2n) is 22.0. The average molecular weight is 1090 g/mol. The minimum Gasteiger partial charge on any atom is -0.462 e. The fourth-order valence-electron chi connectivity index (χ4n) is 9.38. The van der Waals surface area contributed by atoms with Crippen LogP contribution in [0.2, 0.25) is 0 Å². The van der Waals surface area contributed by atoms with Gasteiger partial charge in [-0.2, -0.15) is 0 Å². The van der Waals surface area contributed by atoms with Gasteiger partial charge in [0.2, 0.25) is 0 Å². The Morgan fingerprint density at radius 2 is 0.538 bits per heavy atom. The predicted molar refractivity (Wildman–Crippen MR) is 339 cm³/mol. The van der Waals surface area contributed by atoms with E-state index in [9.17, 15) is 14.4 Å². The first-order chi connectivity index (χ1) is 38.5. The number of hydrogen-bond donors (Lipinski definition) is 0. The molecule has 0 aliphatic heterocycles. The van der Waals surface area contributed by atoms with Crippen molar-refractivity contribution < 1.29 is 28.6 Å². The average Bonchev–Trinajstić information content (AvgIpc) is 3.44. The van der Waals surface area contributed by atoms with E-state index in [1.54, 1.807) is 0 Å². The third kappa shape index (κ3) is 63.2. The molecule has 6 nitrogen and oxygen atoms in total. The Kier molecular flexibility index (Phi) is 62.7. The summed E-state index contributed by atoms with van der Waals surface area (Å²) in [6, 6.07) is 0. The van der Waals surface area contributed by atoms with Crippen LogP contribution in [0.1, 0.15) is 323 Å². The Balaban J connectivity index is 4.28. The molecule has 0 N–H and O–H groups in total. The van der Waals surface area contributed by atoms with Crippen molar-refractivity contribution in [2.24, 2.45) is 0 Å². The minimum atomic E-state index is -0.811. The van der Waals surface area contributed by atoms with Gasteiger partial charge in [-0.05, 0) is 89.9 Å². The Labute approximate surface area is 483 Å². The van der Waals surface area contributed by atoms with E-state index < -0.39 is 6.10 Å². The van der Waals surface area contributed by atoms with Crippen LogP contribution in [0, 0.1) is 0 Å². The Hall–Kier alpha value is -3.67. The zero-order valence-electron chi connectivity index (χ0n) is 51.4. The van der Waals surface area contributed by atoms with Crippen LogP contribution in [0.15, 0.2) is 97.2 Å². The van der Waals surface area contributed by atoms with Crippen molar-refractivity contribution in [3.8, 4) is 0 Å². The van der Waals surface area contributed by atoms with Crippen LogP contribution in [-0.2, 0) is 28.6 Å². The maximum atomic E-state index is 12.9. The van der Waals surface area contributed by atoms with Crippen molar-refractivity contribution in [1.82, 2.24) is 0 Å². The molecule has 6 heteroatoms.